The van der Waals surface area contributed by atoms with Crippen LogP contribution in [0.3, 0.4) is 0 Å². The molecule has 102 valence electrons. The van der Waals surface area contributed by atoms with Crippen LogP contribution in [0.4, 0.5) is 8.78 Å². The highest BCUT2D eigenvalue weighted by molar-refractivity contribution is 5.85. The zero-order valence-electron chi connectivity index (χ0n) is 9.83. The second kappa shape index (κ2) is 8.60. The van der Waals surface area contributed by atoms with Crippen molar-refractivity contribution < 1.29 is 18.3 Å². The number of hydrogen-bond donors (Lipinski definition) is 1. The predicted molar refractivity (Wildman–Crippen MR) is 62.7 cm³/mol. The van der Waals surface area contributed by atoms with Crippen LogP contribution in [0.15, 0.2) is 0 Å². The second-order valence-electron chi connectivity index (χ2n) is 3.86. The second-order valence-corrected chi connectivity index (χ2v) is 3.86. The van der Waals surface area contributed by atoms with Crippen LogP contribution in [-0.4, -0.2) is 56.1 Å². The predicted octanol–water partition coefficient (Wildman–Crippen LogP) is 0.900. The molecule has 1 unspecified atom stereocenters. The van der Waals surface area contributed by atoms with Crippen LogP contribution in [0.1, 0.15) is 13.3 Å². The van der Waals surface area contributed by atoms with Crippen LogP contribution in [0, 0.1) is 0 Å². The molecule has 1 saturated heterocycles. The first-order valence-electron chi connectivity index (χ1n) is 5.47. The highest BCUT2D eigenvalue weighted by Gasteiger charge is 2.22. The minimum atomic E-state index is -2.46. The quantitative estimate of drug-likeness (QED) is 0.756. The molecule has 7 heteroatoms. The largest absolute Gasteiger partial charge is 0.375 e. The number of rotatable bonds is 5. The van der Waals surface area contributed by atoms with Gasteiger partial charge in [-0.1, -0.05) is 0 Å². The van der Waals surface area contributed by atoms with Gasteiger partial charge in [0.1, 0.15) is 6.61 Å². The molecule has 0 aromatic carbocycles. The molecule has 0 aromatic rings. The summed E-state index contributed by atoms with van der Waals surface area (Å²) in [5.74, 6) is -0.0248. The highest BCUT2D eigenvalue weighted by Crippen LogP contribution is 2.05. The Morgan fingerprint density at radius 3 is 2.88 bits per heavy atom. The number of piperazine rings is 1. The van der Waals surface area contributed by atoms with Crippen molar-refractivity contribution in [1.29, 1.82) is 0 Å². The van der Waals surface area contributed by atoms with E-state index < -0.39 is 13.0 Å². The molecule has 4 nitrogen and oxygen atoms in total. The van der Waals surface area contributed by atoms with Crippen LogP contribution in [-0.2, 0) is 9.53 Å². The van der Waals surface area contributed by atoms with Crippen molar-refractivity contribution in [2.75, 3.05) is 32.8 Å². The molecule has 0 aliphatic carbocycles. The van der Waals surface area contributed by atoms with Crippen LogP contribution in [0.25, 0.3) is 0 Å². The zero-order chi connectivity index (χ0) is 12.0. The molecule has 0 spiro atoms. The van der Waals surface area contributed by atoms with Gasteiger partial charge in [0.05, 0.1) is 13.0 Å². The van der Waals surface area contributed by atoms with E-state index in [4.69, 9.17) is 0 Å². The maximum atomic E-state index is 11.7. The molecule has 0 saturated carbocycles. The van der Waals surface area contributed by atoms with E-state index in [0.29, 0.717) is 6.54 Å². The maximum Gasteiger partial charge on any atom is 0.261 e. The van der Waals surface area contributed by atoms with E-state index >= 15 is 0 Å². The summed E-state index contributed by atoms with van der Waals surface area (Å²) in [6.45, 7) is 3.68. The Morgan fingerprint density at radius 2 is 2.29 bits per heavy atom. The molecular weight excluding hydrogens is 254 g/mol. The lowest BCUT2D eigenvalue weighted by Crippen LogP contribution is -2.52. The highest BCUT2D eigenvalue weighted by atomic mass is 35.5. The third kappa shape index (κ3) is 6.14. The van der Waals surface area contributed by atoms with Crippen molar-refractivity contribution in [3.05, 3.63) is 0 Å². The van der Waals surface area contributed by atoms with Gasteiger partial charge in [0, 0.05) is 25.7 Å². The molecule has 1 aliphatic rings. The standard InChI is InChI=1S/C10H18F2N2O2.ClH/c1-8-6-13-3-4-14(8)10(15)2-5-16-7-9(11)12;/h8-9,13H,2-7H2,1H3;1H. The van der Waals surface area contributed by atoms with E-state index in [9.17, 15) is 13.6 Å². The fraction of sp³-hybridized carbons (Fsp3) is 0.900. The fourth-order valence-electron chi connectivity index (χ4n) is 1.69. The zero-order valence-corrected chi connectivity index (χ0v) is 10.6. The summed E-state index contributed by atoms with van der Waals surface area (Å²) in [6.07, 6.45) is -2.29. The van der Waals surface area contributed by atoms with Crippen molar-refractivity contribution in [2.45, 2.75) is 25.8 Å². The van der Waals surface area contributed by atoms with Crippen molar-refractivity contribution in [3.63, 3.8) is 0 Å². The number of halogens is 3. The van der Waals surface area contributed by atoms with Gasteiger partial charge in [0.15, 0.2) is 0 Å². The number of hydrogen-bond acceptors (Lipinski definition) is 3. The minimum absolute atomic E-state index is 0. The third-order valence-electron chi connectivity index (χ3n) is 2.53. The van der Waals surface area contributed by atoms with Crippen LogP contribution < -0.4 is 5.32 Å². The smallest absolute Gasteiger partial charge is 0.261 e. The number of nitrogens with zero attached hydrogens (tertiary/aromatic N) is 1. The van der Waals surface area contributed by atoms with Gasteiger partial charge in [-0.25, -0.2) is 8.78 Å². The normalized spacial score (nSPS) is 20.2. The summed E-state index contributed by atoms with van der Waals surface area (Å²) in [4.78, 5) is 13.4. The van der Waals surface area contributed by atoms with Gasteiger partial charge in [-0.2, -0.15) is 0 Å². The first-order chi connectivity index (χ1) is 7.61. The van der Waals surface area contributed by atoms with Gasteiger partial charge in [-0.05, 0) is 6.92 Å². The minimum Gasteiger partial charge on any atom is -0.375 e. The number of carbonyl (C=O) groups excluding carboxylic acids is 1. The van der Waals surface area contributed by atoms with E-state index in [2.05, 4.69) is 10.1 Å². The summed E-state index contributed by atoms with van der Waals surface area (Å²) < 4.78 is 28.2. The van der Waals surface area contributed by atoms with Crippen LogP contribution >= 0.6 is 12.4 Å². The fourth-order valence-corrected chi connectivity index (χ4v) is 1.69. The van der Waals surface area contributed by atoms with E-state index in [0.717, 1.165) is 13.1 Å². The van der Waals surface area contributed by atoms with Gasteiger partial charge in [0.25, 0.3) is 6.43 Å². The number of carbonyl (C=O) groups is 1. The van der Waals surface area contributed by atoms with Gasteiger partial charge < -0.3 is 15.0 Å². The van der Waals surface area contributed by atoms with E-state index in [-0.39, 0.29) is 37.4 Å². The molecule has 0 aromatic heterocycles. The third-order valence-corrected chi connectivity index (χ3v) is 2.53. The molecule has 0 bridgehead atoms. The number of alkyl halides is 2. The Hall–Kier alpha value is -0.460. The lowest BCUT2D eigenvalue weighted by molar-refractivity contribution is -0.135. The summed E-state index contributed by atoms with van der Waals surface area (Å²) in [6, 6.07) is 0.163. The Kier molecular flexibility index (Phi) is 8.37. The molecule has 1 atom stereocenters. The van der Waals surface area contributed by atoms with Crippen molar-refractivity contribution in [1.82, 2.24) is 10.2 Å². The molecule has 1 fully saturated rings. The van der Waals surface area contributed by atoms with E-state index in [1.54, 1.807) is 4.90 Å². The number of nitrogens with one attached hydrogen (secondary N) is 1. The van der Waals surface area contributed by atoms with E-state index in [1.165, 1.54) is 0 Å². The van der Waals surface area contributed by atoms with Gasteiger partial charge >= 0.3 is 0 Å². The first kappa shape index (κ1) is 16.5. The van der Waals surface area contributed by atoms with Crippen LogP contribution in [0.5, 0.6) is 0 Å². The lowest BCUT2D eigenvalue weighted by atomic mass is 10.2. The molecular formula is C10H19ClF2N2O2. The van der Waals surface area contributed by atoms with Gasteiger partial charge in [-0.3, -0.25) is 4.79 Å². The first-order valence-corrected chi connectivity index (χ1v) is 5.47. The molecule has 1 amide bonds. The Balaban J connectivity index is 0.00000256. The Bertz CT molecular complexity index is 232. The Labute approximate surface area is 106 Å². The summed E-state index contributed by atoms with van der Waals surface area (Å²) in [7, 11) is 0. The average Bonchev–Trinajstić information content (AvgIpc) is 2.24. The molecule has 0 radical (unpaired) electrons. The van der Waals surface area contributed by atoms with E-state index in [1.807, 2.05) is 6.92 Å². The average molecular weight is 273 g/mol. The monoisotopic (exact) mass is 272 g/mol. The maximum absolute atomic E-state index is 11.7. The number of ether oxygens (including phenoxy) is 1. The number of amides is 1. The molecule has 17 heavy (non-hydrogen) atoms. The molecule has 1 rings (SSSR count). The summed E-state index contributed by atoms with van der Waals surface area (Å²) in [5.41, 5.74) is 0. The van der Waals surface area contributed by atoms with Crippen LogP contribution in [0.2, 0.25) is 0 Å². The van der Waals surface area contributed by atoms with Crippen molar-refractivity contribution in [3.8, 4) is 0 Å². The van der Waals surface area contributed by atoms with Gasteiger partial charge in [0.2, 0.25) is 5.91 Å². The Morgan fingerprint density at radius 1 is 1.59 bits per heavy atom. The summed E-state index contributed by atoms with van der Waals surface area (Å²) >= 11 is 0. The van der Waals surface area contributed by atoms with Crippen molar-refractivity contribution >= 4 is 18.3 Å². The lowest BCUT2D eigenvalue weighted by Gasteiger charge is -2.34. The molecule has 1 N–H and O–H groups in total. The topological polar surface area (TPSA) is 41.6 Å². The molecule has 1 aliphatic heterocycles. The van der Waals surface area contributed by atoms with Crippen molar-refractivity contribution in [2.24, 2.45) is 0 Å². The summed E-state index contributed by atoms with van der Waals surface area (Å²) in [5, 5.41) is 3.18. The van der Waals surface area contributed by atoms with Gasteiger partial charge in [-0.15, -0.1) is 12.4 Å². The molecule has 1 heterocycles. The SMILES string of the molecule is CC1CNCCN1C(=O)CCOCC(F)F.Cl.